The van der Waals surface area contributed by atoms with E-state index in [2.05, 4.69) is 48.4 Å². The summed E-state index contributed by atoms with van der Waals surface area (Å²) in [5, 5.41) is 6.57. The van der Waals surface area contributed by atoms with Gasteiger partial charge in [-0.3, -0.25) is 9.69 Å². The highest BCUT2D eigenvalue weighted by Gasteiger charge is 2.28. The zero-order chi connectivity index (χ0) is 26.5. The average Bonchev–Trinajstić information content (AvgIpc) is 2.89. The first-order chi connectivity index (χ1) is 17.8. The Morgan fingerprint density at radius 1 is 1.11 bits per heavy atom. The number of hydrogen-bond donors (Lipinski definition) is 3. The lowest BCUT2D eigenvalue weighted by Gasteiger charge is -2.42. The number of piperazine rings is 1. The van der Waals surface area contributed by atoms with Crippen LogP contribution in [0.2, 0.25) is 0 Å². The third-order valence-electron chi connectivity index (χ3n) is 7.26. The molecule has 0 bridgehead atoms. The van der Waals surface area contributed by atoms with E-state index in [1.807, 2.05) is 32.9 Å². The molecule has 2 saturated heterocycles. The molecule has 4 N–H and O–H groups in total. The lowest BCUT2D eigenvalue weighted by atomic mass is 10.0. The number of methoxy groups -OCH3 is 1. The topological polar surface area (TPSA) is 112 Å². The summed E-state index contributed by atoms with van der Waals surface area (Å²) in [4.78, 5) is 28.8. The van der Waals surface area contributed by atoms with Crippen LogP contribution in [0.15, 0.2) is 18.2 Å². The van der Waals surface area contributed by atoms with Crippen molar-refractivity contribution in [2.45, 2.75) is 52.1 Å². The van der Waals surface area contributed by atoms with Gasteiger partial charge >= 0.3 is 0 Å². The Bertz CT molecular complexity index is 1080. The highest BCUT2D eigenvalue weighted by Crippen LogP contribution is 2.35. The number of nitrogens with zero attached hydrogens (tertiary/aromatic N) is 5. The van der Waals surface area contributed by atoms with Crippen LogP contribution in [-0.4, -0.2) is 91.2 Å². The molecule has 10 nitrogen and oxygen atoms in total. The molecular formula is C27H42N8O2. The summed E-state index contributed by atoms with van der Waals surface area (Å²) in [7, 11) is 3.89. The third kappa shape index (κ3) is 6.42. The summed E-state index contributed by atoms with van der Waals surface area (Å²) < 4.78 is 5.78. The van der Waals surface area contributed by atoms with E-state index in [0.29, 0.717) is 29.8 Å². The van der Waals surface area contributed by atoms with Crippen molar-refractivity contribution < 1.29 is 9.53 Å². The minimum absolute atomic E-state index is 0.125. The molecule has 37 heavy (non-hydrogen) atoms. The smallest absolute Gasteiger partial charge is 0.271 e. The minimum atomic E-state index is -0.618. The molecule has 0 radical (unpaired) electrons. The maximum absolute atomic E-state index is 12.2. The number of aromatic nitrogens is 2. The first-order valence-electron chi connectivity index (χ1n) is 13.4. The van der Waals surface area contributed by atoms with Crippen LogP contribution < -0.4 is 26.0 Å². The maximum Gasteiger partial charge on any atom is 0.271 e. The normalized spacial score (nSPS) is 17.7. The van der Waals surface area contributed by atoms with Gasteiger partial charge in [-0.15, -0.1) is 0 Å². The average molecular weight is 511 g/mol. The number of hydrogen-bond acceptors (Lipinski definition) is 9. The number of rotatable bonds is 9. The van der Waals surface area contributed by atoms with Gasteiger partial charge < -0.3 is 30.9 Å². The van der Waals surface area contributed by atoms with Crippen LogP contribution in [0, 0.1) is 0 Å². The molecule has 1 aromatic heterocycles. The number of amides is 1. The molecule has 2 aliphatic heterocycles. The summed E-state index contributed by atoms with van der Waals surface area (Å²) in [6, 6.07) is 6.83. The van der Waals surface area contributed by atoms with E-state index in [9.17, 15) is 4.79 Å². The number of piperidine rings is 1. The van der Waals surface area contributed by atoms with Crippen LogP contribution in [-0.2, 0) is 6.42 Å². The highest BCUT2D eigenvalue weighted by molar-refractivity contribution is 5.96. The monoisotopic (exact) mass is 510 g/mol. The molecule has 0 unspecified atom stereocenters. The second kappa shape index (κ2) is 12.0. The Balaban J connectivity index is 1.50. The van der Waals surface area contributed by atoms with Crippen LogP contribution in [0.25, 0.3) is 0 Å². The van der Waals surface area contributed by atoms with Gasteiger partial charge in [-0.25, -0.2) is 9.97 Å². The van der Waals surface area contributed by atoms with Gasteiger partial charge in [0.15, 0.2) is 11.5 Å². The summed E-state index contributed by atoms with van der Waals surface area (Å²) in [5.41, 5.74) is 8.32. The van der Waals surface area contributed by atoms with E-state index >= 15 is 0 Å². The van der Waals surface area contributed by atoms with Crippen LogP contribution in [0.1, 0.15) is 49.8 Å². The van der Waals surface area contributed by atoms with Crippen molar-refractivity contribution in [3.8, 4) is 5.75 Å². The molecule has 4 rings (SSSR count). The maximum atomic E-state index is 12.2. The van der Waals surface area contributed by atoms with E-state index < -0.39 is 5.91 Å². The Labute approximate surface area is 220 Å². The summed E-state index contributed by atoms with van der Waals surface area (Å²) in [6.07, 6.45) is 2.94. The molecule has 202 valence electrons. The second-order valence-corrected chi connectivity index (χ2v) is 10.3. The van der Waals surface area contributed by atoms with E-state index in [-0.39, 0.29) is 11.7 Å². The quantitative estimate of drug-likeness (QED) is 0.469. The fraction of sp³-hybridized carbons (Fsp3) is 0.593. The number of likely N-dealkylation sites (N-methyl/N-ethyl adjacent to an activating group) is 1. The van der Waals surface area contributed by atoms with E-state index in [1.54, 1.807) is 7.11 Å². The molecular weight excluding hydrogens is 468 g/mol. The Kier molecular flexibility index (Phi) is 8.71. The van der Waals surface area contributed by atoms with Crippen molar-refractivity contribution >= 4 is 28.9 Å². The number of carbonyl (C=O) groups is 1. The van der Waals surface area contributed by atoms with Crippen molar-refractivity contribution in [2.24, 2.45) is 5.73 Å². The summed E-state index contributed by atoms with van der Waals surface area (Å²) >= 11 is 0. The number of primary amides is 1. The first-order valence-corrected chi connectivity index (χ1v) is 13.4. The van der Waals surface area contributed by atoms with Crippen molar-refractivity contribution in [1.82, 2.24) is 19.8 Å². The first kappa shape index (κ1) is 26.9. The number of nitrogens with two attached hydrogens (primary N) is 1. The van der Waals surface area contributed by atoms with Gasteiger partial charge in [0.2, 0.25) is 0 Å². The zero-order valence-corrected chi connectivity index (χ0v) is 22.9. The molecule has 0 atom stereocenters. The second-order valence-electron chi connectivity index (χ2n) is 10.3. The van der Waals surface area contributed by atoms with Gasteiger partial charge in [0.1, 0.15) is 11.6 Å². The van der Waals surface area contributed by atoms with E-state index in [0.717, 1.165) is 69.2 Å². The molecule has 0 spiro atoms. The van der Waals surface area contributed by atoms with Crippen LogP contribution in [0.5, 0.6) is 5.75 Å². The van der Waals surface area contributed by atoms with Crippen molar-refractivity contribution in [3.05, 3.63) is 29.6 Å². The predicted molar refractivity (Wildman–Crippen MR) is 149 cm³/mol. The molecule has 0 saturated carbocycles. The van der Waals surface area contributed by atoms with Gasteiger partial charge in [-0.1, -0.05) is 6.92 Å². The lowest BCUT2D eigenvalue weighted by molar-refractivity contribution is 0.0981. The minimum Gasteiger partial charge on any atom is -0.495 e. The highest BCUT2D eigenvalue weighted by atomic mass is 16.5. The molecule has 2 aliphatic rings. The standard InChI is InChI=1S/C27H42N8O2/c1-6-21-26(29-18(2)3)32-27(24(31-21)25(28)36)30-19-7-8-22(23(17-19)37-5)35-11-9-20(10-12-35)34-15-13-33(4)14-16-34/h7-8,17-18,20H,6,9-16H2,1-5H3,(H2,28,36)(H2,29,30,32). The van der Waals surface area contributed by atoms with Crippen molar-refractivity contribution in [1.29, 1.82) is 0 Å². The SMILES string of the molecule is CCc1nc(C(N)=O)c(Nc2ccc(N3CCC(N4CCN(C)CC4)CC3)c(OC)c2)nc1NC(C)C. The molecule has 0 aliphatic carbocycles. The molecule has 10 heteroatoms. The Morgan fingerprint density at radius 3 is 2.41 bits per heavy atom. The largest absolute Gasteiger partial charge is 0.495 e. The van der Waals surface area contributed by atoms with Crippen LogP contribution in [0.4, 0.5) is 23.0 Å². The number of nitrogens with one attached hydrogen (secondary N) is 2. The van der Waals surface area contributed by atoms with Gasteiger partial charge in [-0.2, -0.15) is 0 Å². The fourth-order valence-electron chi connectivity index (χ4n) is 5.18. The van der Waals surface area contributed by atoms with Crippen molar-refractivity contribution in [2.75, 3.05) is 69.0 Å². The van der Waals surface area contributed by atoms with Gasteiger partial charge in [0, 0.05) is 63.1 Å². The number of benzene rings is 1. The van der Waals surface area contributed by atoms with E-state index in [4.69, 9.17) is 10.5 Å². The summed E-state index contributed by atoms with van der Waals surface area (Å²) in [6.45, 7) is 12.7. The number of ether oxygens (including phenoxy) is 1. The number of carbonyl (C=O) groups excluding carboxylic acids is 1. The lowest BCUT2D eigenvalue weighted by Crippen LogP contribution is -2.52. The third-order valence-corrected chi connectivity index (χ3v) is 7.26. The fourth-order valence-corrected chi connectivity index (χ4v) is 5.18. The number of anilines is 4. The van der Waals surface area contributed by atoms with Gasteiger partial charge in [0.05, 0.1) is 18.5 Å². The molecule has 1 aromatic carbocycles. The van der Waals surface area contributed by atoms with Gasteiger partial charge in [-0.05, 0) is 52.3 Å². The Morgan fingerprint density at radius 2 is 1.81 bits per heavy atom. The number of aryl methyl sites for hydroxylation is 1. The summed E-state index contributed by atoms with van der Waals surface area (Å²) in [5.74, 6) is 1.14. The molecule has 1 amide bonds. The molecule has 3 heterocycles. The van der Waals surface area contributed by atoms with E-state index in [1.165, 1.54) is 0 Å². The Hall–Kier alpha value is -3.11. The van der Waals surface area contributed by atoms with Crippen molar-refractivity contribution in [3.63, 3.8) is 0 Å². The predicted octanol–water partition coefficient (Wildman–Crippen LogP) is 2.93. The zero-order valence-electron chi connectivity index (χ0n) is 22.9. The van der Waals surface area contributed by atoms with Gasteiger partial charge in [0.25, 0.3) is 5.91 Å². The van der Waals surface area contributed by atoms with Crippen LogP contribution in [0.3, 0.4) is 0 Å². The van der Waals surface area contributed by atoms with Crippen LogP contribution >= 0.6 is 0 Å². The molecule has 2 fully saturated rings. The molecule has 2 aromatic rings.